The van der Waals surface area contributed by atoms with E-state index in [0.717, 1.165) is 55.5 Å². The lowest BCUT2D eigenvalue weighted by Crippen LogP contribution is -2.06. The third kappa shape index (κ3) is 3.85. The molecule has 0 saturated carbocycles. The molecule has 126 valence electrons. The van der Waals surface area contributed by atoms with Gasteiger partial charge in [-0.25, -0.2) is 0 Å². The molecule has 2 rings (SSSR count). The first-order valence-electron chi connectivity index (χ1n) is 8.97. The van der Waals surface area contributed by atoms with Crippen molar-refractivity contribution in [2.24, 2.45) is 0 Å². The van der Waals surface area contributed by atoms with Crippen LogP contribution in [-0.4, -0.2) is 12.9 Å². The second-order valence-electron chi connectivity index (χ2n) is 7.12. The van der Waals surface area contributed by atoms with Crippen LogP contribution in [0.2, 0.25) is 0 Å². The molecule has 0 amide bonds. The van der Waals surface area contributed by atoms with E-state index in [-0.39, 0.29) is 0 Å². The number of hydrogen-bond donors (Lipinski definition) is 0. The molecular formula is C21H30O2. The smallest absolute Gasteiger partial charge is 0.146 e. The molecule has 0 aromatic heterocycles. The Morgan fingerprint density at radius 1 is 1.13 bits per heavy atom. The van der Waals surface area contributed by atoms with Crippen molar-refractivity contribution in [3.8, 4) is 5.75 Å². The minimum absolute atomic E-state index is 0.404. The molecule has 0 heterocycles. The first kappa shape index (κ1) is 17.8. The summed E-state index contributed by atoms with van der Waals surface area (Å²) in [4.78, 5) is 11.5. The van der Waals surface area contributed by atoms with E-state index in [1.54, 1.807) is 0 Å². The van der Waals surface area contributed by atoms with Crippen molar-refractivity contribution < 1.29 is 9.53 Å². The summed E-state index contributed by atoms with van der Waals surface area (Å²) in [7, 11) is 0. The van der Waals surface area contributed by atoms with Gasteiger partial charge in [0.25, 0.3) is 0 Å². The Morgan fingerprint density at radius 2 is 1.87 bits per heavy atom. The van der Waals surface area contributed by atoms with E-state index in [4.69, 9.17) is 4.74 Å². The van der Waals surface area contributed by atoms with Gasteiger partial charge in [-0.2, -0.15) is 0 Å². The fourth-order valence-electron chi connectivity index (χ4n) is 3.23. The van der Waals surface area contributed by atoms with E-state index in [1.165, 1.54) is 16.7 Å². The first-order chi connectivity index (χ1) is 11.0. The van der Waals surface area contributed by atoms with Crippen LogP contribution < -0.4 is 4.74 Å². The maximum absolute atomic E-state index is 11.5. The van der Waals surface area contributed by atoms with Crippen molar-refractivity contribution in [3.05, 3.63) is 34.4 Å². The standard InChI is InChI=1S/C21H30O2/c1-6-10-23-21-19(15(4)5)11-17(14(2)3)12-20(21)18-9-7-8-16(18)13-22/h11-15H,6-10H2,1-5H3. The second kappa shape index (κ2) is 7.81. The summed E-state index contributed by atoms with van der Waals surface area (Å²) in [5.41, 5.74) is 5.92. The van der Waals surface area contributed by atoms with E-state index in [2.05, 4.69) is 46.8 Å². The summed E-state index contributed by atoms with van der Waals surface area (Å²) in [6.07, 6.45) is 4.98. The van der Waals surface area contributed by atoms with Crippen LogP contribution in [0.15, 0.2) is 17.7 Å². The zero-order valence-electron chi connectivity index (χ0n) is 15.2. The number of hydrogen-bond acceptors (Lipinski definition) is 2. The molecule has 0 bridgehead atoms. The molecular weight excluding hydrogens is 284 g/mol. The molecule has 0 N–H and O–H groups in total. The fraction of sp³-hybridized carbons (Fsp3) is 0.571. The minimum atomic E-state index is 0.404. The molecule has 1 aliphatic carbocycles. The highest BCUT2D eigenvalue weighted by Gasteiger charge is 2.23. The molecule has 2 heteroatoms. The van der Waals surface area contributed by atoms with Gasteiger partial charge in [0.05, 0.1) is 6.61 Å². The second-order valence-corrected chi connectivity index (χ2v) is 7.12. The minimum Gasteiger partial charge on any atom is -0.493 e. The summed E-state index contributed by atoms with van der Waals surface area (Å²) in [5, 5.41) is 0. The highest BCUT2D eigenvalue weighted by molar-refractivity contribution is 5.91. The van der Waals surface area contributed by atoms with Crippen LogP contribution in [0.5, 0.6) is 5.75 Å². The van der Waals surface area contributed by atoms with E-state index >= 15 is 0 Å². The van der Waals surface area contributed by atoms with Gasteiger partial charge in [0.1, 0.15) is 12.0 Å². The van der Waals surface area contributed by atoms with Crippen molar-refractivity contribution >= 4 is 11.9 Å². The number of ether oxygens (including phenoxy) is 1. The van der Waals surface area contributed by atoms with Gasteiger partial charge in [-0.15, -0.1) is 0 Å². The van der Waals surface area contributed by atoms with E-state index < -0.39 is 0 Å². The van der Waals surface area contributed by atoms with Crippen LogP contribution in [-0.2, 0) is 4.79 Å². The average molecular weight is 314 g/mol. The Labute approximate surface area is 140 Å². The Hall–Kier alpha value is -1.57. The predicted molar refractivity (Wildman–Crippen MR) is 97.2 cm³/mol. The largest absolute Gasteiger partial charge is 0.493 e. The Balaban J connectivity index is 2.67. The molecule has 23 heavy (non-hydrogen) atoms. The number of rotatable bonds is 7. The third-order valence-electron chi connectivity index (χ3n) is 4.61. The lowest BCUT2D eigenvalue weighted by Gasteiger charge is -2.22. The van der Waals surface area contributed by atoms with Gasteiger partial charge in [0.15, 0.2) is 0 Å². The fourth-order valence-corrected chi connectivity index (χ4v) is 3.23. The predicted octanol–water partition coefficient (Wildman–Crippen LogP) is 5.86. The molecule has 0 saturated heterocycles. The molecule has 0 aliphatic heterocycles. The van der Waals surface area contributed by atoms with Crippen molar-refractivity contribution in [1.29, 1.82) is 0 Å². The lowest BCUT2D eigenvalue weighted by molar-refractivity contribution is -0.104. The van der Waals surface area contributed by atoms with Gasteiger partial charge in [0.2, 0.25) is 0 Å². The van der Waals surface area contributed by atoms with Gasteiger partial charge < -0.3 is 4.74 Å². The lowest BCUT2D eigenvalue weighted by atomic mass is 9.88. The molecule has 1 aromatic rings. The monoisotopic (exact) mass is 314 g/mol. The Bertz CT molecular complexity index is 594. The topological polar surface area (TPSA) is 26.3 Å². The number of aldehydes is 1. The maximum atomic E-state index is 11.5. The van der Waals surface area contributed by atoms with Gasteiger partial charge >= 0.3 is 0 Å². The summed E-state index contributed by atoms with van der Waals surface area (Å²) in [5.74, 6) is 1.87. The highest BCUT2D eigenvalue weighted by atomic mass is 16.5. The summed E-state index contributed by atoms with van der Waals surface area (Å²) >= 11 is 0. The normalized spacial score (nSPS) is 14.9. The number of benzene rings is 1. The molecule has 0 fully saturated rings. The van der Waals surface area contributed by atoms with Crippen molar-refractivity contribution in [1.82, 2.24) is 0 Å². The Morgan fingerprint density at radius 3 is 2.43 bits per heavy atom. The van der Waals surface area contributed by atoms with Gasteiger partial charge in [-0.3, -0.25) is 4.79 Å². The molecule has 2 nitrogen and oxygen atoms in total. The molecule has 1 aromatic carbocycles. The number of carbonyl (C=O) groups is 1. The zero-order chi connectivity index (χ0) is 17.0. The van der Waals surface area contributed by atoms with Gasteiger partial charge in [0, 0.05) is 5.56 Å². The quantitative estimate of drug-likeness (QED) is 0.589. The van der Waals surface area contributed by atoms with Gasteiger partial charge in [-0.1, -0.05) is 40.7 Å². The van der Waals surface area contributed by atoms with Crippen molar-refractivity contribution in [2.75, 3.05) is 6.61 Å². The van der Waals surface area contributed by atoms with Crippen molar-refractivity contribution in [2.45, 2.75) is 72.1 Å². The zero-order valence-corrected chi connectivity index (χ0v) is 15.2. The van der Waals surface area contributed by atoms with Crippen LogP contribution in [0.3, 0.4) is 0 Å². The molecule has 0 radical (unpaired) electrons. The molecule has 0 atom stereocenters. The number of allylic oxidation sites excluding steroid dienone is 2. The van der Waals surface area contributed by atoms with E-state index in [0.29, 0.717) is 11.8 Å². The summed E-state index contributed by atoms with van der Waals surface area (Å²) in [6, 6.07) is 4.55. The van der Waals surface area contributed by atoms with Crippen LogP contribution in [0.25, 0.3) is 5.57 Å². The van der Waals surface area contributed by atoms with Crippen LogP contribution in [0.4, 0.5) is 0 Å². The first-order valence-corrected chi connectivity index (χ1v) is 8.97. The van der Waals surface area contributed by atoms with Crippen molar-refractivity contribution in [3.63, 3.8) is 0 Å². The maximum Gasteiger partial charge on any atom is 0.146 e. The van der Waals surface area contributed by atoms with Crippen LogP contribution >= 0.6 is 0 Å². The molecule has 0 spiro atoms. The molecule has 0 unspecified atom stereocenters. The summed E-state index contributed by atoms with van der Waals surface area (Å²) in [6.45, 7) is 11.7. The molecule has 1 aliphatic rings. The van der Waals surface area contributed by atoms with Crippen LogP contribution in [0.1, 0.15) is 88.8 Å². The highest BCUT2D eigenvalue weighted by Crippen LogP contribution is 2.42. The average Bonchev–Trinajstić information content (AvgIpc) is 3.00. The van der Waals surface area contributed by atoms with Gasteiger partial charge in [-0.05, 0) is 65.9 Å². The van der Waals surface area contributed by atoms with E-state index in [9.17, 15) is 4.79 Å². The van der Waals surface area contributed by atoms with Crippen LogP contribution in [0, 0.1) is 0 Å². The summed E-state index contributed by atoms with van der Waals surface area (Å²) < 4.78 is 6.17. The third-order valence-corrected chi connectivity index (χ3v) is 4.61. The van der Waals surface area contributed by atoms with E-state index in [1.807, 2.05) is 0 Å². The SMILES string of the molecule is CCCOc1c(C2=C(C=O)CCC2)cc(C(C)C)cc1C(C)C. The number of carbonyl (C=O) groups excluding carboxylic acids is 1. The Kier molecular flexibility index (Phi) is 6.04.